The molecule has 0 amide bonds. The van der Waals surface area contributed by atoms with Gasteiger partial charge in [0, 0.05) is 39.9 Å². The average Bonchev–Trinajstić information content (AvgIpc) is 2.82. The van der Waals surface area contributed by atoms with Crippen molar-refractivity contribution in [3.05, 3.63) is 0 Å². The summed E-state index contributed by atoms with van der Waals surface area (Å²) in [6, 6.07) is 0. The lowest BCUT2D eigenvalue weighted by Crippen LogP contribution is -2.54. The van der Waals surface area contributed by atoms with Crippen molar-refractivity contribution >= 4 is 16.2 Å². The van der Waals surface area contributed by atoms with Crippen LogP contribution in [0.4, 0.5) is 0 Å². The van der Waals surface area contributed by atoms with Gasteiger partial charge in [-0.3, -0.25) is 4.79 Å². The smallest absolute Gasteiger partial charge is 0.311 e. The largest absolute Gasteiger partial charge is 0.481 e. The first-order valence-electron chi connectivity index (χ1n) is 8.40. The van der Waals surface area contributed by atoms with Gasteiger partial charge in [-0.1, -0.05) is 12.8 Å². The summed E-state index contributed by atoms with van der Waals surface area (Å²) in [5.41, 5.74) is -1.03. The van der Waals surface area contributed by atoms with Gasteiger partial charge in [-0.25, -0.2) is 0 Å². The molecule has 7 nitrogen and oxygen atoms in total. The second-order valence-corrected chi connectivity index (χ2v) is 8.51. The molecule has 23 heavy (non-hydrogen) atoms. The summed E-state index contributed by atoms with van der Waals surface area (Å²) in [7, 11) is -2.04. The predicted molar refractivity (Wildman–Crippen MR) is 86.3 cm³/mol. The van der Waals surface area contributed by atoms with Gasteiger partial charge in [-0.05, 0) is 32.1 Å². The van der Waals surface area contributed by atoms with Gasteiger partial charge in [0.25, 0.3) is 10.2 Å². The molecule has 0 bridgehead atoms. The standard InChI is InChI=1S/C15H28N2O5S/c1-22-12-8-15(14(18)19)7-6-11-17(13-15)23(20,21)16-9-4-2-3-5-10-16/h2-13H2,1H3,(H,18,19)/t15-/m0/s1. The Morgan fingerprint density at radius 1 is 1.09 bits per heavy atom. The quantitative estimate of drug-likeness (QED) is 0.782. The third-order valence-electron chi connectivity index (χ3n) is 5.00. The Hall–Kier alpha value is -0.700. The summed E-state index contributed by atoms with van der Waals surface area (Å²) in [5, 5.41) is 9.66. The highest BCUT2D eigenvalue weighted by Crippen LogP contribution is 2.36. The zero-order chi connectivity index (χ0) is 16.9. The van der Waals surface area contributed by atoms with Crippen LogP contribution in [0.1, 0.15) is 44.9 Å². The number of carboxylic acid groups (broad SMARTS) is 1. The number of nitrogens with zero attached hydrogens (tertiary/aromatic N) is 2. The van der Waals surface area contributed by atoms with Crippen molar-refractivity contribution in [2.75, 3.05) is 39.9 Å². The van der Waals surface area contributed by atoms with E-state index in [0.29, 0.717) is 45.5 Å². The van der Waals surface area contributed by atoms with Crippen molar-refractivity contribution in [1.29, 1.82) is 0 Å². The number of carbonyl (C=O) groups is 1. The molecule has 2 aliphatic heterocycles. The van der Waals surface area contributed by atoms with Gasteiger partial charge in [-0.2, -0.15) is 17.0 Å². The summed E-state index contributed by atoms with van der Waals surface area (Å²) >= 11 is 0. The van der Waals surface area contributed by atoms with Gasteiger partial charge in [-0.15, -0.1) is 0 Å². The molecule has 0 radical (unpaired) electrons. The molecule has 0 spiro atoms. The minimum atomic E-state index is -3.58. The normalized spacial score (nSPS) is 28.4. The maximum atomic E-state index is 12.9. The molecule has 0 aromatic rings. The van der Waals surface area contributed by atoms with Crippen molar-refractivity contribution < 1.29 is 23.1 Å². The number of rotatable bonds is 6. The number of piperidine rings is 1. The Morgan fingerprint density at radius 3 is 2.26 bits per heavy atom. The maximum absolute atomic E-state index is 12.9. The fraction of sp³-hybridized carbons (Fsp3) is 0.933. The van der Waals surface area contributed by atoms with E-state index in [1.165, 1.54) is 15.7 Å². The zero-order valence-corrected chi connectivity index (χ0v) is 14.7. The third-order valence-corrected chi connectivity index (χ3v) is 6.98. The summed E-state index contributed by atoms with van der Waals surface area (Å²) in [4.78, 5) is 11.8. The van der Waals surface area contributed by atoms with Crippen LogP contribution < -0.4 is 0 Å². The Morgan fingerprint density at radius 2 is 1.70 bits per heavy atom. The van der Waals surface area contributed by atoms with Crippen molar-refractivity contribution in [3.8, 4) is 0 Å². The molecule has 0 aliphatic carbocycles. The van der Waals surface area contributed by atoms with E-state index in [1.54, 1.807) is 0 Å². The van der Waals surface area contributed by atoms with Crippen LogP contribution in [-0.4, -0.2) is 68.0 Å². The minimum Gasteiger partial charge on any atom is -0.481 e. The lowest BCUT2D eigenvalue weighted by molar-refractivity contribution is -0.152. The van der Waals surface area contributed by atoms with Gasteiger partial charge < -0.3 is 9.84 Å². The van der Waals surface area contributed by atoms with Crippen molar-refractivity contribution in [2.24, 2.45) is 5.41 Å². The number of ether oxygens (including phenoxy) is 1. The highest BCUT2D eigenvalue weighted by Gasteiger charge is 2.46. The van der Waals surface area contributed by atoms with E-state index in [-0.39, 0.29) is 6.54 Å². The molecule has 0 saturated carbocycles. The molecule has 0 aromatic carbocycles. The molecule has 2 fully saturated rings. The molecule has 1 atom stereocenters. The number of aliphatic carboxylic acids is 1. The van der Waals surface area contributed by atoms with Gasteiger partial charge >= 0.3 is 5.97 Å². The Kier molecular flexibility index (Phi) is 6.41. The molecule has 0 unspecified atom stereocenters. The molecule has 2 aliphatic rings. The van der Waals surface area contributed by atoms with Crippen LogP contribution in [0.5, 0.6) is 0 Å². The van der Waals surface area contributed by atoms with Crippen LogP contribution in [0.2, 0.25) is 0 Å². The molecule has 2 rings (SSSR count). The predicted octanol–water partition coefficient (Wildman–Crippen LogP) is 1.31. The van der Waals surface area contributed by atoms with Crippen molar-refractivity contribution in [3.63, 3.8) is 0 Å². The van der Waals surface area contributed by atoms with E-state index in [1.807, 2.05) is 0 Å². The molecular formula is C15H28N2O5S. The molecule has 8 heteroatoms. The summed E-state index contributed by atoms with van der Waals surface area (Å²) < 4.78 is 33.8. The highest BCUT2D eigenvalue weighted by molar-refractivity contribution is 7.86. The van der Waals surface area contributed by atoms with Gasteiger partial charge in [0.15, 0.2) is 0 Å². The second-order valence-electron chi connectivity index (χ2n) is 6.59. The summed E-state index contributed by atoms with van der Waals surface area (Å²) in [5.74, 6) is -0.926. The molecule has 1 N–H and O–H groups in total. The number of methoxy groups -OCH3 is 1. The van der Waals surface area contributed by atoms with E-state index in [0.717, 1.165) is 25.7 Å². The van der Waals surface area contributed by atoms with Crippen LogP contribution in [0.3, 0.4) is 0 Å². The fourth-order valence-electron chi connectivity index (χ4n) is 3.51. The fourth-order valence-corrected chi connectivity index (χ4v) is 5.32. The van der Waals surface area contributed by atoms with Crippen LogP contribution in [0.25, 0.3) is 0 Å². The Labute approximate surface area is 138 Å². The third kappa shape index (κ3) is 4.23. The monoisotopic (exact) mass is 348 g/mol. The van der Waals surface area contributed by atoms with Crippen molar-refractivity contribution in [1.82, 2.24) is 8.61 Å². The van der Waals surface area contributed by atoms with E-state index in [4.69, 9.17) is 4.74 Å². The van der Waals surface area contributed by atoms with E-state index in [9.17, 15) is 18.3 Å². The van der Waals surface area contributed by atoms with Crippen LogP contribution in [0.15, 0.2) is 0 Å². The topological polar surface area (TPSA) is 87.1 Å². The average molecular weight is 348 g/mol. The van der Waals surface area contributed by atoms with E-state index in [2.05, 4.69) is 0 Å². The molecule has 2 heterocycles. The SMILES string of the molecule is COCC[C@@]1(C(=O)O)CCCN(S(=O)(=O)N2CCCCCC2)C1. The summed E-state index contributed by atoms with van der Waals surface area (Å²) in [6.07, 6.45) is 5.27. The summed E-state index contributed by atoms with van der Waals surface area (Å²) in [6.45, 7) is 1.85. The number of hydrogen-bond acceptors (Lipinski definition) is 4. The van der Waals surface area contributed by atoms with Crippen LogP contribution >= 0.6 is 0 Å². The molecule has 134 valence electrons. The van der Waals surface area contributed by atoms with Gasteiger partial charge in [0.1, 0.15) is 0 Å². The Balaban J connectivity index is 2.16. The van der Waals surface area contributed by atoms with E-state index >= 15 is 0 Å². The Bertz CT molecular complexity index is 502. The van der Waals surface area contributed by atoms with E-state index < -0.39 is 21.6 Å². The van der Waals surface area contributed by atoms with Crippen LogP contribution in [0, 0.1) is 5.41 Å². The molecule has 0 aromatic heterocycles. The first kappa shape index (κ1) is 18.6. The second kappa shape index (κ2) is 7.92. The first-order valence-corrected chi connectivity index (χ1v) is 9.80. The number of carboxylic acids is 1. The lowest BCUT2D eigenvalue weighted by atomic mass is 9.78. The number of hydrogen-bond donors (Lipinski definition) is 1. The van der Waals surface area contributed by atoms with Crippen molar-refractivity contribution in [2.45, 2.75) is 44.9 Å². The minimum absolute atomic E-state index is 0.0462. The van der Waals surface area contributed by atoms with Crippen LogP contribution in [-0.2, 0) is 19.7 Å². The zero-order valence-electron chi connectivity index (χ0n) is 13.9. The molecular weight excluding hydrogens is 320 g/mol. The van der Waals surface area contributed by atoms with Gasteiger partial charge in [0.2, 0.25) is 0 Å². The highest BCUT2D eigenvalue weighted by atomic mass is 32.2. The maximum Gasteiger partial charge on any atom is 0.311 e. The first-order chi connectivity index (χ1) is 10.9. The lowest BCUT2D eigenvalue weighted by Gasteiger charge is -2.40. The van der Waals surface area contributed by atoms with Gasteiger partial charge in [0.05, 0.1) is 5.41 Å². The molecule has 2 saturated heterocycles.